The highest BCUT2D eigenvalue weighted by atomic mass is 28.3. The molecule has 2 nitrogen and oxygen atoms in total. The summed E-state index contributed by atoms with van der Waals surface area (Å²) in [5, 5.41) is 0. The largest absolute Gasteiger partial charge is 0.397 e. The molecule has 1 aliphatic carbocycles. The molecule has 0 aliphatic heterocycles. The van der Waals surface area contributed by atoms with Gasteiger partial charge >= 0.3 is 9.28 Å². The Morgan fingerprint density at radius 2 is 1.87 bits per heavy atom. The van der Waals surface area contributed by atoms with Crippen molar-refractivity contribution >= 4 is 9.28 Å². The fraction of sp³-hybridized carbons (Fsp3) is 1.00. The van der Waals surface area contributed by atoms with E-state index >= 15 is 0 Å². The molecule has 0 aromatic heterocycles. The van der Waals surface area contributed by atoms with Crippen LogP contribution >= 0.6 is 0 Å². The molecule has 0 radical (unpaired) electrons. The number of hydrogen-bond acceptors (Lipinski definition) is 2. The summed E-state index contributed by atoms with van der Waals surface area (Å²) in [6.07, 6.45) is 6.63. The third kappa shape index (κ3) is 5.14. The van der Waals surface area contributed by atoms with Crippen LogP contribution in [-0.4, -0.2) is 22.5 Å². The van der Waals surface area contributed by atoms with Gasteiger partial charge in [-0.25, -0.2) is 0 Å². The minimum absolute atomic E-state index is 0.741. The quantitative estimate of drug-likeness (QED) is 0.625. The molecule has 1 atom stereocenters. The molecule has 1 rings (SSSR count). The van der Waals surface area contributed by atoms with Crippen LogP contribution in [0.3, 0.4) is 0 Å². The molecule has 0 heterocycles. The minimum Gasteiger partial charge on any atom is -0.397 e. The van der Waals surface area contributed by atoms with Gasteiger partial charge in [-0.1, -0.05) is 26.7 Å². The van der Waals surface area contributed by atoms with E-state index in [4.69, 9.17) is 8.85 Å². The lowest BCUT2D eigenvalue weighted by atomic mass is 10.2. The van der Waals surface area contributed by atoms with Crippen molar-refractivity contribution in [3.8, 4) is 0 Å². The van der Waals surface area contributed by atoms with E-state index in [1.54, 1.807) is 0 Å². The third-order valence-electron chi connectivity index (χ3n) is 3.09. The third-order valence-corrected chi connectivity index (χ3v) is 5.76. The van der Waals surface area contributed by atoms with Crippen LogP contribution < -0.4 is 0 Å². The molecular formula is C12H26O2Si. The normalized spacial score (nSPS) is 20.0. The van der Waals surface area contributed by atoms with Crippen molar-refractivity contribution in [2.45, 2.75) is 58.4 Å². The molecule has 0 bridgehead atoms. The zero-order valence-electron chi connectivity index (χ0n) is 10.5. The van der Waals surface area contributed by atoms with E-state index in [9.17, 15) is 0 Å². The molecule has 0 aromatic rings. The van der Waals surface area contributed by atoms with Gasteiger partial charge in [0.25, 0.3) is 0 Å². The zero-order valence-corrected chi connectivity index (χ0v) is 11.7. The first-order chi connectivity index (χ1) is 7.24. The van der Waals surface area contributed by atoms with Crippen LogP contribution in [0.5, 0.6) is 0 Å². The van der Waals surface area contributed by atoms with Crippen molar-refractivity contribution in [3.63, 3.8) is 0 Å². The standard InChI is InChI=1S/C12H26O2Si/c1-4-13-15(12-7-5-6-8-12)14-10-9-11(2)3/h11-12,15H,4-10H2,1-3H3. The van der Waals surface area contributed by atoms with E-state index in [1.165, 1.54) is 32.1 Å². The van der Waals surface area contributed by atoms with Crippen LogP contribution in [0.1, 0.15) is 52.9 Å². The van der Waals surface area contributed by atoms with Gasteiger partial charge in [0.1, 0.15) is 0 Å². The Morgan fingerprint density at radius 3 is 2.40 bits per heavy atom. The van der Waals surface area contributed by atoms with Crippen LogP contribution in [0.15, 0.2) is 0 Å². The van der Waals surface area contributed by atoms with Crippen LogP contribution in [0.25, 0.3) is 0 Å². The Labute approximate surface area is 96.2 Å². The second-order valence-electron chi connectivity index (χ2n) is 4.92. The Hall–Kier alpha value is 0.137. The first-order valence-corrected chi connectivity index (χ1v) is 8.08. The van der Waals surface area contributed by atoms with Gasteiger partial charge in [-0.3, -0.25) is 0 Å². The number of hydrogen-bond donors (Lipinski definition) is 0. The molecule has 0 N–H and O–H groups in total. The van der Waals surface area contributed by atoms with E-state index in [1.807, 2.05) is 0 Å². The van der Waals surface area contributed by atoms with Gasteiger partial charge in [-0.2, -0.15) is 0 Å². The van der Waals surface area contributed by atoms with E-state index in [2.05, 4.69) is 20.8 Å². The summed E-state index contributed by atoms with van der Waals surface area (Å²) in [4.78, 5) is 0. The van der Waals surface area contributed by atoms with Crippen LogP contribution in [0.2, 0.25) is 5.54 Å². The first kappa shape index (κ1) is 13.2. The summed E-state index contributed by atoms with van der Waals surface area (Å²) >= 11 is 0. The molecule has 15 heavy (non-hydrogen) atoms. The average Bonchev–Trinajstić information content (AvgIpc) is 2.68. The van der Waals surface area contributed by atoms with Crippen molar-refractivity contribution < 1.29 is 8.85 Å². The highest BCUT2D eigenvalue weighted by molar-refractivity contribution is 6.46. The molecule has 0 amide bonds. The SMILES string of the molecule is CCO[SiH](OCCC(C)C)C1CCCC1. The van der Waals surface area contributed by atoms with Crippen molar-refractivity contribution in [1.29, 1.82) is 0 Å². The topological polar surface area (TPSA) is 18.5 Å². The Balaban J connectivity index is 2.23. The van der Waals surface area contributed by atoms with Gasteiger partial charge < -0.3 is 8.85 Å². The van der Waals surface area contributed by atoms with Crippen molar-refractivity contribution in [2.75, 3.05) is 13.2 Å². The summed E-state index contributed by atoms with van der Waals surface area (Å²) in [6.45, 7) is 8.31. The fourth-order valence-corrected chi connectivity index (χ4v) is 4.49. The molecule has 1 unspecified atom stereocenters. The minimum atomic E-state index is -1.35. The lowest BCUT2D eigenvalue weighted by Crippen LogP contribution is -2.28. The predicted molar refractivity (Wildman–Crippen MR) is 66.4 cm³/mol. The Morgan fingerprint density at radius 1 is 1.20 bits per heavy atom. The van der Waals surface area contributed by atoms with E-state index in [0.717, 1.165) is 24.7 Å². The van der Waals surface area contributed by atoms with Crippen LogP contribution in [0.4, 0.5) is 0 Å². The van der Waals surface area contributed by atoms with Crippen molar-refractivity contribution in [2.24, 2.45) is 5.92 Å². The summed E-state index contributed by atoms with van der Waals surface area (Å²) in [5.74, 6) is 0.741. The summed E-state index contributed by atoms with van der Waals surface area (Å²) in [6, 6.07) is 0. The van der Waals surface area contributed by atoms with Gasteiger partial charge in [0.15, 0.2) is 0 Å². The molecular weight excluding hydrogens is 204 g/mol. The van der Waals surface area contributed by atoms with Gasteiger partial charge in [0.05, 0.1) is 0 Å². The molecule has 1 fully saturated rings. The maximum atomic E-state index is 5.99. The Bertz CT molecular complexity index is 156. The van der Waals surface area contributed by atoms with Crippen molar-refractivity contribution in [1.82, 2.24) is 0 Å². The second kappa shape index (κ2) is 7.42. The molecule has 3 heteroatoms. The molecule has 90 valence electrons. The van der Waals surface area contributed by atoms with Crippen molar-refractivity contribution in [3.05, 3.63) is 0 Å². The van der Waals surface area contributed by atoms with Gasteiger partial charge in [-0.15, -0.1) is 0 Å². The molecule has 0 saturated heterocycles. The van der Waals surface area contributed by atoms with Crippen LogP contribution in [0, 0.1) is 5.92 Å². The lowest BCUT2D eigenvalue weighted by molar-refractivity contribution is 0.186. The van der Waals surface area contributed by atoms with Gasteiger partial charge in [-0.05, 0) is 37.6 Å². The number of rotatable bonds is 7. The van der Waals surface area contributed by atoms with Gasteiger partial charge in [0, 0.05) is 13.2 Å². The molecule has 1 saturated carbocycles. The maximum absolute atomic E-state index is 5.99. The smallest absolute Gasteiger partial charge is 0.324 e. The first-order valence-electron chi connectivity index (χ1n) is 6.47. The van der Waals surface area contributed by atoms with Gasteiger partial charge in [0.2, 0.25) is 0 Å². The zero-order chi connectivity index (χ0) is 11.1. The molecule has 0 aromatic carbocycles. The summed E-state index contributed by atoms with van der Waals surface area (Å²) in [5.41, 5.74) is 0.789. The average molecular weight is 230 g/mol. The van der Waals surface area contributed by atoms with E-state index < -0.39 is 9.28 Å². The van der Waals surface area contributed by atoms with Crippen LogP contribution in [-0.2, 0) is 8.85 Å². The molecule has 0 spiro atoms. The molecule has 1 aliphatic rings. The lowest BCUT2D eigenvalue weighted by Gasteiger charge is -2.21. The summed E-state index contributed by atoms with van der Waals surface area (Å²) in [7, 11) is -1.35. The highest BCUT2D eigenvalue weighted by Gasteiger charge is 2.28. The van der Waals surface area contributed by atoms with E-state index in [0.29, 0.717) is 0 Å². The highest BCUT2D eigenvalue weighted by Crippen LogP contribution is 2.33. The predicted octanol–water partition coefficient (Wildman–Crippen LogP) is 3.25. The maximum Gasteiger partial charge on any atom is 0.324 e. The summed E-state index contributed by atoms with van der Waals surface area (Å²) < 4.78 is 11.8. The van der Waals surface area contributed by atoms with E-state index in [-0.39, 0.29) is 0 Å². The Kier molecular flexibility index (Phi) is 6.53. The monoisotopic (exact) mass is 230 g/mol. The second-order valence-corrected chi connectivity index (χ2v) is 7.27. The fourth-order valence-electron chi connectivity index (χ4n) is 2.13.